The summed E-state index contributed by atoms with van der Waals surface area (Å²) in [5.41, 5.74) is 1.95. The van der Waals surface area contributed by atoms with E-state index in [0.717, 1.165) is 25.1 Å². The minimum Gasteiger partial charge on any atom is -0.376 e. The molecule has 0 radical (unpaired) electrons. The minimum atomic E-state index is -0.409. The lowest BCUT2D eigenvalue weighted by Crippen LogP contribution is -2.37. The minimum absolute atomic E-state index is 0.0147. The Morgan fingerprint density at radius 3 is 2.94 bits per heavy atom. The van der Waals surface area contributed by atoms with Gasteiger partial charge >= 0.3 is 0 Å². The van der Waals surface area contributed by atoms with Gasteiger partial charge in [-0.25, -0.2) is 0 Å². The smallest absolute Gasteiger partial charge is 0.263 e. The molecule has 0 spiro atoms. The van der Waals surface area contributed by atoms with Gasteiger partial charge in [0, 0.05) is 31.5 Å². The Morgan fingerprint density at radius 1 is 1.32 bits per heavy atom. The van der Waals surface area contributed by atoms with Gasteiger partial charge in [-0.05, 0) is 50.5 Å². The predicted octanol–water partition coefficient (Wildman–Crippen LogP) is 2.06. The zero-order valence-electron chi connectivity index (χ0n) is 17.6. The lowest BCUT2D eigenvalue weighted by molar-refractivity contribution is 0.0927. The largest absolute Gasteiger partial charge is 0.376 e. The van der Waals surface area contributed by atoms with Gasteiger partial charge in [-0.15, -0.1) is 0 Å². The quantitative estimate of drug-likeness (QED) is 0.619. The Bertz CT molecular complexity index is 1120. The Hall–Kier alpha value is -3.33. The van der Waals surface area contributed by atoms with Crippen LogP contribution in [0.15, 0.2) is 39.8 Å². The predicted molar refractivity (Wildman–Crippen MR) is 113 cm³/mol. The summed E-state index contributed by atoms with van der Waals surface area (Å²) in [7, 11) is 0. The molecule has 4 heterocycles. The molecule has 4 rings (SSSR count). The van der Waals surface area contributed by atoms with Crippen LogP contribution in [0.3, 0.4) is 0 Å². The van der Waals surface area contributed by atoms with E-state index in [0.29, 0.717) is 35.9 Å². The molecule has 9 nitrogen and oxygen atoms in total. The molecule has 9 heteroatoms. The molecule has 1 amide bonds. The van der Waals surface area contributed by atoms with E-state index in [9.17, 15) is 9.59 Å². The van der Waals surface area contributed by atoms with Gasteiger partial charge < -0.3 is 19.1 Å². The van der Waals surface area contributed by atoms with E-state index in [1.54, 1.807) is 23.8 Å². The molecule has 31 heavy (non-hydrogen) atoms. The number of nitrogens with zero attached hydrogens (tertiary/aromatic N) is 4. The van der Waals surface area contributed by atoms with Gasteiger partial charge in [0.05, 0.1) is 12.6 Å². The number of rotatable bonds is 7. The molecule has 0 aromatic carbocycles. The van der Waals surface area contributed by atoms with Crippen molar-refractivity contribution < 1.29 is 14.1 Å². The van der Waals surface area contributed by atoms with Crippen LogP contribution in [-0.4, -0.2) is 44.9 Å². The number of hydrogen-bond acceptors (Lipinski definition) is 7. The summed E-state index contributed by atoms with van der Waals surface area (Å²) in [6.07, 6.45) is 3.93. The lowest BCUT2D eigenvalue weighted by atomic mass is 10.1. The van der Waals surface area contributed by atoms with E-state index < -0.39 is 5.91 Å². The number of aryl methyl sites for hydroxylation is 2. The topological polar surface area (TPSA) is 112 Å². The van der Waals surface area contributed by atoms with Crippen molar-refractivity contribution in [3.8, 4) is 11.5 Å². The van der Waals surface area contributed by atoms with Crippen LogP contribution >= 0.6 is 0 Å². The SMILES string of the molecule is Cc1cc(C)n(C[C@H]2CCCO2)c(=O)c1C(=O)NCCc1nc(-c2ccccn2)no1. The monoisotopic (exact) mass is 423 g/mol. The van der Waals surface area contributed by atoms with E-state index in [-0.39, 0.29) is 23.8 Å². The van der Waals surface area contributed by atoms with Crippen molar-refractivity contribution in [3.05, 3.63) is 63.5 Å². The molecular weight excluding hydrogens is 398 g/mol. The van der Waals surface area contributed by atoms with Crippen LogP contribution in [-0.2, 0) is 17.7 Å². The van der Waals surface area contributed by atoms with Crippen LogP contribution in [0.1, 0.15) is 40.3 Å². The van der Waals surface area contributed by atoms with Crippen LogP contribution in [0.4, 0.5) is 0 Å². The number of hydrogen-bond donors (Lipinski definition) is 1. The molecule has 1 fully saturated rings. The van der Waals surface area contributed by atoms with Crippen molar-refractivity contribution >= 4 is 5.91 Å². The van der Waals surface area contributed by atoms with Gasteiger partial charge in [0.2, 0.25) is 11.7 Å². The van der Waals surface area contributed by atoms with Crippen LogP contribution in [0.25, 0.3) is 11.5 Å². The fourth-order valence-corrected chi connectivity index (χ4v) is 3.75. The van der Waals surface area contributed by atoms with E-state index in [4.69, 9.17) is 9.26 Å². The zero-order valence-corrected chi connectivity index (χ0v) is 17.6. The summed E-state index contributed by atoms with van der Waals surface area (Å²) in [5, 5.41) is 6.71. The lowest BCUT2D eigenvalue weighted by Gasteiger charge is -2.17. The summed E-state index contributed by atoms with van der Waals surface area (Å²) < 4.78 is 12.5. The van der Waals surface area contributed by atoms with Crippen LogP contribution < -0.4 is 10.9 Å². The highest BCUT2D eigenvalue weighted by atomic mass is 16.5. The molecule has 0 bridgehead atoms. The van der Waals surface area contributed by atoms with Crippen molar-refractivity contribution in [3.63, 3.8) is 0 Å². The third-order valence-corrected chi connectivity index (χ3v) is 5.33. The first kappa shape index (κ1) is 20.9. The standard InChI is InChI=1S/C22H25N5O4/c1-14-12-15(2)27(13-16-6-5-11-30-16)22(29)19(14)21(28)24-10-8-18-25-20(26-31-18)17-7-3-4-9-23-17/h3-4,7,9,12,16H,5-6,8,10-11,13H2,1-2H3,(H,24,28)/t16-/m1/s1. The molecule has 0 saturated carbocycles. The van der Waals surface area contributed by atoms with E-state index in [1.807, 2.05) is 25.1 Å². The number of carbonyl (C=O) groups excluding carboxylic acids is 1. The normalized spacial score (nSPS) is 15.9. The maximum Gasteiger partial charge on any atom is 0.263 e. The molecule has 1 atom stereocenters. The molecule has 1 aliphatic heterocycles. The third kappa shape index (κ3) is 4.72. The average Bonchev–Trinajstić information content (AvgIpc) is 3.44. The Kier molecular flexibility index (Phi) is 6.22. The van der Waals surface area contributed by atoms with Gasteiger partial charge in [0.1, 0.15) is 11.3 Å². The van der Waals surface area contributed by atoms with Gasteiger partial charge in [-0.3, -0.25) is 14.6 Å². The van der Waals surface area contributed by atoms with Crippen molar-refractivity contribution in [2.75, 3.05) is 13.2 Å². The number of nitrogens with one attached hydrogen (secondary N) is 1. The van der Waals surface area contributed by atoms with Crippen molar-refractivity contribution in [1.29, 1.82) is 0 Å². The highest BCUT2D eigenvalue weighted by molar-refractivity contribution is 5.95. The van der Waals surface area contributed by atoms with Gasteiger partial charge in [0.25, 0.3) is 11.5 Å². The summed E-state index contributed by atoms with van der Waals surface area (Å²) in [6.45, 7) is 5.09. The van der Waals surface area contributed by atoms with Crippen LogP contribution in [0, 0.1) is 13.8 Å². The van der Waals surface area contributed by atoms with E-state index >= 15 is 0 Å². The molecule has 1 saturated heterocycles. The number of carbonyl (C=O) groups is 1. The number of amides is 1. The summed E-state index contributed by atoms with van der Waals surface area (Å²) in [5.74, 6) is 0.374. The highest BCUT2D eigenvalue weighted by Crippen LogP contribution is 2.15. The average molecular weight is 423 g/mol. The maximum absolute atomic E-state index is 13.0. The first-order chi connectivity index (χ1) is 15.0. The summed E-state index contributed by atoms with van der Waals surface area (Å²) in [4.78, 5) is 34.3. The van der Waals surface area contributed by atoms with Gasteiger partial charge in [-0.2, -0.15) is 4.98 Å². The molecule has 162 valence electrons. The van der Waals surface area contributed by atoms with Crippen LogP contribution in [0.5, 0.6) is 0 Å². The second-order valence-electron chi connectivity index (χ2n) is 7.63. The van der Waals surface area contributed by atoms with Crippen molar-refractivity contribution in [2.45, 2.75) is 45.8 Å². The van der Waals surface area contributed by atoms with E-state index in [2.05, 4.69) is 20.4 Å². The molecule has 1 N–H and O–H groups in total. The molecule has 0 aliphatic carbocycles. The Balaban J connectivity index is 1.41. The van der Waals surface area contributed by atoms with Gasteiger partial charge in [-0.1, -0.05) is 11.2 Å². The first-order valence-electron chi connectivity index (χ1n) is 10.4. The number of pyridine rings is 2. The fraction of sp³-hybridized carbons (Fsp3) is 0.409. The molecule has 3 aromatic heterocycles. The number of ether oxygens (including phenoxy) is 1. The summed E-state index contributed by atoms with van der Waals surface area (Å²) in [6, 6.07) is 7.30. The molecular formula is C22H25N5O4. The fourth-order valence-electron chi connectivity index (χ4n) is 3.75. The second kappa shape index (κ2) is 9.22. The Labute approximate surface area is 179 Å². The summed E-state index contributed by atoms with van der Waals surface area (Å²) >= 11 is 0. The number of aromatic nitrogens is 4. The maximum atomic E-state index is 13.0. The van der Waals surface area contributed by atoms with Gasteiger partial charge in [0.15, 0.2) is 0 Å². The van der Waals surface area contributed by atoms with Crippen molar-refractivity contribution in [2.24, 2.45) is 0 Å². The first-order valence-corrected chi connectivity index (χ1v) is 10.4. The van der Waals surface area contributed by atoms with Crippen LogP contribution in [0.2, 0.25) is 0 Å². The van der Waals surface area contributed by atoms with Crippen molar-refractivity contribution in [1.82, 2.24) is 25.0 Å². The van der Waals surface area contributed by atoms with E-state index in [1.165, 1.54) is 0 Å². The molecule has 0 unspecified atom stereocenters. The Morgan fingerprint density at radius 2 is 2.19 bits per heavy atom. The molecule has 1 aliphatic rings. The zero-order chi connectivity index (χ0) is 21.8. The second-order valence-corrected chi connectivity index (χ2v) is 7.63. The third-order valence-electron chi connectivity index (χ3n) is 5.33. The highest BCUT2D eigenvalue weighted by Gasteiger charge is 2.22. The molecule has 3 aromatic rings.